The number of hydrogen-bond donors (Lipinski definition) is 4. The van der Waals surface area contributed by atoms with Crippen molar-refractivity contribution in [2.45, 2.75) is 90.0 Å². The van der Waals surface area contributed by atoms with Crippen LogP contribution in [0.3, 0.4) is 0 Å². The van der Waals surface area contributed by atoms with Gasteiger partial charge in [0.15, 0.2) is 29.8 Å². The fraction of sp³-hybridized carbons (Fsp3) is 0.933. The summed E-state index contributed by atoms with van der Waals surface area (Å²) < 4.78 is 41.6. The van der Waals surface area contributed by atoms with Gasteiger partial charge >= 0.3 is 0 Å². The highest BCUT2D eigenvalue weighted by Gasteiger charge is 2.37. The van der Waals surface area contributed by atoms with E-state index in [0.29, 0.717) is 52.9 Å². The van der Waals surface area contributed by atoms with E-state index in [1.54, 1.807) is 0 Å². The summed E-state index contributed by atoms with van der Waals surface area (Å²) in [5.74, 6) is 8.84. The van der Waals surface area contributed by atoms with Gasteiger partial charge in [0.05, 0.1) is 66.1 Å². The highest BCUT2D eigenvalue weighted by Crippen LogP contribution is 2.37. The van der Waals surface area contributed by atoms with E-state index in [0.717, 1.165) is 0 Å². The molecule has 0 saturated carbocycles. The lowest BCUT2D eigenvalue weighted by molar-refractivity contribution is -0.330. The molecule has 0 aliphatic heterocycles. The third-order valence-corrected chi connectivity index (χ3v) is 17.2. The minimum absolute atomic E-state index is 0.114. The monoisotopic (exact) mass is 746 g/mol. The van der Waals surface area contributed by atoms with Crippen LogP contribution in [0.4, 0.5) is 0 Å². The van der Waals surface area contributed by atoms with E-state index in [1.807, 2.05) is 10.9 Å². The third-order valence-electron chi connectivity index (χ3n) is 8.14. The second-order valence-corrected chi connectivity index (χ2v) is 23.8. The zero-order valence-corrected chi connectivity index (χ0v) is 33.5. The normalized spacial score (nSPS) is 13.0. The molecule has 17 nitrogen and oxygen atoms in total. The molecule has 2 amide bonds. The SMILES string of the molecule is CC(C)(C)[Si](C)(C)OCCOCC(COCCO[Si](C)(C)C(C)(C)C)OCCOCCOC(COOCC(=O)NN)COOCC(=O)NN. The molecule has 0 radical (unpaired) electrons. The zero-order chi connectivity index (χ0) is 37.4. The van der Waals surface area contributed by atoms with Gasteiger partial charge in [0.1, 0.15) is 25.4 Å². The number of hydrogen-bond acceptors (Lipinski definition) is 15. The number of carbonyl (C=O) groups is 2. The van der Waals surface area contributed by atoms with Gasteiger partial charge in [-0.05, 0) is 36.3 Å². The van der Waals surface area contributed by atoms with Crippen molar-refractivity contribution in [1.29, 1.82) is 0 Å². The van der Waals surface area contributed by atoms with E-state index in [2.05, 4.69) is 67.7 Å². The molecule has 0 aliphatic rings. The number of hydrazine groups is 2. The lowest BCUT2D eigenvalue weighted by Crippen LogP contribution is -2.42. The molecule has 0 aromatic rings. The fourth-order valence-corrected chi connectivity index (χ4v) is 5.09. The Morgan fingerprint density at radius 2 is 0.878 bits per heavy atom. The maximum atomic E-state index is 11.2. The lowest BCUT2D eigenvalue weighted by atomic mass is 10.2. The number of carbonyl (C=O) groups excluding carboxylic acids is 2. The van der Waals surface area contributed by atoms with Gasteiger partial charge in [0, 0.05) is 0 Å². The van der Waals surface area contributed by atoms with E-state index in [4.69, 9.17) is 63.8 Å². The van der Waals surface area contributed by atoms with Crippen molar-refractivity contribution < 1.29 is 61.7 Å². The van der Waals surface area contributed by atoms with Crippen LogP contribution in [0.25, 0.3) is 0 Å². The summed E-state index contributed by atoms with van der Waals surface area (Å²) in [7, 11) is -3.70. The first-order valence-corrected chi connectivity index (χ1v) is 22.4. The van der Waals surface area contributed by atoms with Crippen LogP contribution >= 0.6 is 0 Å². The van der Waals surface area contributed by atoms with Gasteiger partial charge in [-0.3, -0.25) is 20.4 Å². The fourth-order valence-electron chi connectivity index (χ4n) is 3.03. The Hall–Kier alpha value is -1.15. The highest BCUT2D eigenvalue weighted by molar-refractivity contribution is 6.74. The summed E-state index contributed by atoms with van der Waals surface area (Å²) in [4.78, 5) is 41.8. The van der Waals surface area contributed by atoms with E-state index >= 15 is 0 Å². The summed E-state index contributed by atoms with van der Waals surface area (Å²) in [6.45, 7) is 24.7. The molecule has 0 spiro atoms. The Bertz CT molecular complexity index is 818. The smallest absolute Gasteiger partial charge is 0.263 e. The molecule has 0 unspecified atom stereocenters. The number of amides is 2. The van der Waals surface area contributed by atoms with Gasteiger partial charge in [0.2, 0.25) is 0 Å². The summed E-state index contributed by atoms with van der Waals surface area (Å²) in [6, 6.07) is 0. The van der Waals surface area contributed by atoms with Crippen molar-refractivity contribution in [3.8, 4) is 0 Å². The molecular formula is C30H66N4O13Si2. The Morgan fingerprint density at radius 1 is 0.531 bits per heavy atom. The molecule has 0 aromatic carbocycles. The van der Waals surface area contributed by atoms with Gasteiger partial charge in [-0.1, -0.05) is 41.5 Å². The van der Waals surface area contributed by atoms with Crippen LogP contribution in [0.1, 0.15) is 41.5 Å². The van der Waals surface area contributed by atoms with Gasteiger partial charge in [-0.15, -0.1) is 0 Å². The summed E-state index contributed by atoms with van der Waals surface area (Å²) in [6.07, 6.45) is -0.983. The molecule has 0 saturated heterocycles. The first-order valence-electron chi connectivity index (χ1n) is 16.6. The van der Waals surface area contributed by atoms with Crippen LogP contribution in [-0.2, 0) is 61.7 Å². The first kappa shape index (κ1) is 47.9. The highest BCUT2D eigenvalue weighted by atomic mass is 28.4. The molecule has 19 heteroatoms. The second kappa shape index (κ2) is 25.7. The molecule has 6 N–H and O–H groups in total. The first-order chi connectivity index (χ1) is 22.9. The quantitative estimate of drug-likeness (QED) is 0.0206. The summed E-state index contributed by atoms with van der Waals surface area (Å²) in [5.41, 5.74) is 3.82. The molecule has 49 heavy (non-hydrogen) atoms. The summed E-state index contributed by atoms with van der Waals surface area (Å²) >= 11 is 0. The van der Waals surface area contributed by atoms with Gasteiger partial charge in [-0.2, -0.15) is 0 Å². The largest absolute Gasteiger partial charge is 0.414 e. The number of rotatable bonds is 30. The van der Waals surface area contributed by atoms with E-state index in [-0.39, 0.29) is 42.6 Å². The van der Waals surface area contributed by atoms with E-state index < -0.39 is 47.8 Å². The van der Waals surface area contributed by atoms with Crippen LogP contribution < -0.4 is 22.5 Å². The molecular weight excluding hydrogens is 681 g/mol. The Kier molecular flexibility index (Phi) is 25.1. The maximum Gasteiger partial charge on any atom is 0.263 e. The lowest BCUT2D eigenvalue weighted by Gasteiger charge is -2.36. The molecule has 0 heterocycles. The topological polar surface area (TPSA) is 212 Å². The van der Waals surface area contributed by atoms with E-state index in [9.17, 15) is 9.59 Å². The van der Waals surface area contributed by atoms with Crippen LogP contribution in [0.5, 0.6) is 0 Å². The Balaban J connectivity index is 4.68. The van der Waals surface area contributed by atoms with Crippen molar-refractivity contribution in [2.75, 3.05) is 92.5 Å². The molecule has 0 bridgehead atoms. The zero-order valence-electron chi connectivity index (χ0n) is 31.5. The predicted octanol–water partition coefficient (Wildman–Crippen LogP) is 1.73. The standard InChI is InChI=1S/C30H66N4O13Si2/c1-29(2,3)48(7,8)46-17-13-38-19-25(20-39-14-18-47-49(9,10)30(4,5)6)40-15-11-37-12-16-41-26(21-42-44-23-27(35)33-31)22-43-45-24-28(36)34-32/h25-26H,11-24,31-32H2,1-10H3,(H,33,35)(H,34,36). The van der Waals surface area contributed by atoms with Crippen molar-refractivity contribution >= 4 is 28.4 Å². The third kappa shape index (κ3) is 23.9. The number of ether oxygens (including phenoxy) is 5. The second-order valence-electron chi connectivity index (χ2n) is 14.2. The number of nitrogens with one attached hydrogen (secondary N) is 2. The molecule has 0 fully saturated rings. The van der Waals surface area contributed by atoms with Gasteiger partial charge < -0.3 is 32.5 Å². The van der Waals surface area contributed by atoms with Gasteiger partial charge in [-0.25, -0.2) is 31.2 Å². The molecule has 0 aromatic heterocycles. The number of nitrogens with two attached hydrogens (primary N) is 2. The van der Waals surface area contributed by atoms with Crippen molar-refractivity contribution in [3.63, 3.8) is 0 Å². The van der Waals surface area contributed by atoms with Crippen molar-refractivity contribution in [3.05, 3.63) is 0 Å². The van der Waals surface area contributed by atoms with Crippen LogP contribution in [0.15, 0.2) is 0 Å². The average molecular weight is 747 g/mol. The molecule has 0 aliphatic carbocycles. The molecule has 0 atom stereocenters. The average Bonchev–Trinajstić information content (AvgIpc) is 3.01. The Morgan fingerprint density at radius 3 is 1.22 bits per heavy atom. The predicted molar refractivity (Wildman–Crippen MR) is 187 cm³/mol. The van der Waals surface area contributed by atoms with Crippen molar-refractivity contribution in [2.24, 2.45) is 11.7 Å². The van der Waals surface area contributed by atoms with Crippen LogP contribution in [0.2, 0.25) is 36.3 Å². The van der Waals surface area contributed by atoms with Crippen molar-refractivity contribution in [1.82, 2.24) is 10.9 Å². The minimum Gasteiger partial charge on any atom is -0.414 e. The Labute approximate surface area is 294 Å². The molecule has 0 rings (SSSR count). The van der Waals surface area contributed by atoms with Crippen LogP contribution in [-0.4, -0.2) is 133 Å². The maximum absolute atomic E-state index is 11.2. The minimum atomic E-state index is -1.85. The summed E-state index contributed by atoms with van der Waals surface area (Å²) in [5, 5.41) is 0.257. The molecule has 292 valence electrons. The van der Waals surface area contributed by atoms with E-state index in [1.165, 1.54) is 0 Å². The van der Waals surface area contributed by atoms with Gasteiger partial charge in [0.25, 0.3) is 11.8 Å². The van der Waals surface area contributed by atoms with Crippen LogP contribution in [0, 0.1) is 0 Å².